The van der Waals surface area contributed by atoms with Crippen LogP contribution in [0.1, 0.15) is 19.8 Å². The molecule has 1 unspecified atom stereocenters. The first-order valence-electron chi connectivity index (χ1n) is 7.84. The zero-order chi connectivity index (χ0) is 17.6. The number of nitrogens with two attached hydrogens (primary N) is 1. The normalized spacial score (nSPS) is 15.4. The van der Waals surface area contributed by atoms with Crippen LogP contribution in [0.5, 0.6) is 11.5 Å². The second-order valence-corrected chi connectivity index (χ2v) is 7.15. The quantitative estimate of drug-likeness (QED) is 0.590. The third-order valence-corrected chi connectivity index (χ3v) is 4.97. The Morgan fingerprint density at radius 2 is 2.00 bits per heavy atom. The summed E-state index contributed by atoms with van der Waals surface area (Å²) >= 11 is 0. The van der Waals surface area contributed by atoms with E-state index in [0.717, 1.165) is 6.42 Å². The van der Waals surface area contributed by atoms with Gasteiger partial charge in [-0.2, -0.15) is 4.72 Å². The summed E-state index contributed by atoms with van der Waals surface area (Å²) < 4.78 is 38.2. The number of fused-ring (bicyclic) bond motifs is 1. The lowest BCUT2D eigenvalue weighted by Gasteiger charge is -2.15. The van der Waals surface area contributed by atoms with E-state index in [1.54, 1.807) is 6.07 Å². The molecule has 1 aliphatic heterocycles. The maximum atomic E-state index is 12.4. The molecule has 9 heteroatoms. The topological polar surface area (TPSA) is 120 Å². The molecule has 0 aliphatic carbocycles. The van der Waals surface area contributed by atoms with E-state index in [9.17, 15) is 13.2 Å². The van der Waals surface area contributed by atoms with Crippen molar-refractivity contribution in [2.45, 2.75) is 30.7 Å². The van der Waals surface area contributed by atoms with Crippen LogP contribution in [0.2, 0.25) is 0 Å². The van der Waals surface area contributed by atoms with E-state index in [0.29, 0.717) is 44.2 Å². The SMILES string of the molecule is CC(NS(=O)(=O)c1ccc2c(c1)OCCCO2)C(=O)NCCCN. The molecule has 0 radical (unpaired) electrons. The van der Waals surface area contributed by atoms with Crippen LogP contribution in [0, 0.1) is 0 Å². The Bertz CT molecular complexity index is 678. The van der Waals surface area contributed by atoms with Crippen LogP contribution in [0.4, 0.5) is 0 Å². The summed E-state index contributed by atoms with van der Waals surface area (Å²) in [6.07, 6.45) is 1.36. The van der Waals surface area contributed by atoms with Crippen molar-refractivity contribution in [2.75, 3.05) is 26.3 Å². The summed E-state index contributed by atoms with van der Waals surface area (Å²) in [4.78, 5) is 11.9. The lowest BCUT2D eigenvalue weighted by molar-refractivity contribution is -0.122. The third kappa shape index (κ3) is 4.83. The van der Waals surface area contributed by atoms with Gasteiger partial charge in [-0.3, -0.25) is 4.79 Å². The van der Waals surface area contributed by atoms with E-state index in [-0.39, 0.29) is 4.90 Å². The first-order valence-corrected chi connectivity index (χ1v) is 9.32. The summed E-state index contributed by atoms with van der Waals surface area (Å²) in [6.45, 7) is 3.34. The predicted octanol–water partition coefficient (Wildman–Crippen LogP) is -0.0203. The molecule has 24 heavy (non-hydrogen) atoms. The van der Waals surface area contributed by atoms with Crippen LogP contribution in [0.25, 0.3) is 0 Å². The number of rotatable bonds is 7. The molecule has 1 heterocycles. The van der Waals surface area contributed by atoms with Crippen LogP contribution in [-0.4, -0.2) is 46.7 Å². The van der Waals surface area contributed by atoms with Crippen LogP contribution in [0.15, 0.2) is 23.1 Å². The number of amides is 1. The van der Waals surface area contributed by atoms with Crippen LogP contribution in [-0.2, 0) is 14.8 Å². The molecule has 1 aliphatic rings. The van der Waals surface area contributed by atoms with Gasteiger partial charge in [0.1, 0.15) is 0 Å². The first-order chi connectivity index (χ1) is 11.4. The number of nitrogens with one attached hydrogen (secondary N) is 2. The van der Waals surface area contributed by atoms with Gasteiger partial charge in [-0.15, -0.1) is 0 Å². The predicted molar refractivity (Wildman–Crippen MR) is 88.5 cm³/mol. The number of hydrogen-bond donors (Lipinski definition) is 3. The highest BCUT2D eigenvalue weighted by Crippen LogP contribution is 2.31. The third-order valence-electron chi connectivity index (χ3n) is 3.43. The Balaban J connectivity index is 2.07. The zero-order valence-electron chi connectivity index (χ0n) is 13.6. The smallest absolute Gasteiger partial charge is 0.241 e. The summed E-state index contributed by atoms with van der Waals surface area (Å²) in [6, 6.07) is 3.49. The summed E-state index contributed by atoms with van der Waals surface area (Å²) in [7, 11) is -3.85. The fraction of sp³-hybridized carbons (Fsp3) is 0.533. The Labute approximate surface area is 141 Å². The Kier molecular flexibility index (Phi) is 6.41. The highest BCUT2D eigenvalue weighted by atomic mass is 32.2. The molecule has 1 aromatic carbocycles. The van der Waals surface area contributed by atoms with Crippen molar-refractivity contribution in [3.8, 4) is 11.5 Å². The number of ether oxygens (including phenoxy) is 2. The monoisotopic (exact) mass is 357 g/mol. The molecule has 134 valence electrons. The Morgan fingerprint density at radius 1 is 1.29 bits per heavy atom. The van der Waals surface area contributed by atoms with Gasteiger partial charge in [-0.1, -0.05) is 0 Å². The molecule has 0 bridgehead atoms. The van der Waals surface area contributed by atoms with Crippen molar-refractivity contribution in [3.63, 3.8) is 0 Å². The van der Waals surface area contributed by atoms with Gasteiger partial charge in [0.15, 0.2) is 11.5 Å². The van der Waals surface area contributed by atoms with Gasteiger partial charge in [0, 0.05) is 19.0 Å². The van der Waals surface area contributed by atoms with Gasteiger partial charge in [0.2, 0.25) is 15.9 Å². The maximum Gasteiger partial charge on any atom is 0.241 e. The number of benzene rings is 1. The van der Waals surface area contributed by atoms with Crippen molar-refractivity contribution < 1.29 is 22.7 Å². The number of carbonyl (C=O) groups is 1. The molecule has 1 aromatic rings. The molecule has 0 spiro atoms. The number of sulfonamides is 1. The molecule has 2 rings (SSSR count). The largest absolute Gasteiger partial charge is 0.490 e. The van der Waals surface area contributed by atoms with E-state index >= 15 is 0 Å². The lowest BCUT2D eigenvalue weighted by atomic mass is 10.3. The Hall–Kier alpha value is -1.84. The fourth-order valence-electron chi connectivity index (χ4n) is 2.13. The van der Waals surface area contributed by atoms with Gasteiger partial charge in [-0.05, 0) is 32.0 Å². The van der Waals surface area contributed by atoms with Crippen LogP contribution in [0.3, 0.4) is 0 Å². The van der Waals surface area contributed by atoms with Crippen molar-refractivity contribution in [3.05, 3.63) is 18.2 Å². The van der Waals surface area contributed by atoms with Gasteiger partial charge in [0.25, 0.3) is 0 Å². The Morgan fingerprint density at radius 3 is 2.71 bits per heavy atom. The average molecular weight is 357 g/mol. The molecule has 1 atom stereocenters. The first kappa shape index (κ1) is 18.5. The number of hydrogen-bond acceptors (Lipinski definition) is 6. The van der Waals surface area contributed by atoms with Crippen molar-refractivity contribution in [1.29, 1.82) is 0 Å². The van der Waals surface area contributed by atoms with Crippen LogP contribution < -0.4 is 25.2 Å². The molecule has 8 nitrogen and oxygen atoms in total. The van der Waals surface area contributed by atoms with Gasteiger partial charge in [0.05, 0.1) is 24.2 Å². The lowest BCUT2D eigenvalue weighted by Crippen LogP contribution is -2.45. The highest BCUT2D eigenvalue weighted by Gasteiger charge is 2.23. The number of carbonyl (C=O) groups excluding carboxylic acids is 1. The fourth-order valence-corrected chi connectivity index (χ4v) is 3.35. The summed E-state index contributed by atoms with van der Waals surface area (Å²) in [5.74, 6) is 0.496. The van der Waals surface area contributed by atoms with Crippen LogP contribution >= 0.6 is 0 Å². The molecule has 0 saturated carbocycles. The minimum atomic E-state index is -3.85. The maximum absolute atomic E-state index is 12.4. The molecule has 1 amide bonds. The van der Waals surface area contributed by atoms with Gasteiger partial charge in [-0.25, -0.2) is 8.42 Å². The van der Waals surface area contributed by atoms with Gasteiger partial charge >= 0.3 is 0 Å². The summed E-state index contributed by atoms with van der Waals surface area (Å²) in [5.41, 5.74) is 5.35. The van der Waals surface area contributed by atoms with E-state index < -0.39 is 22.0 Å². The molecular formula is C15H23N3O5S. The molecular weight excluding hydrogens is 334 g/mol. The van der Waals surface area contributed by atoms with E-state index in [1.807, 2.05) is 0 Å². The minimum absolute atomic E-state index is 0.0216. The molecule has 0 fully saturated rings. The summed E-state index contributed by atoms with van der Waals surface area (Å²) in [5, 5.41) is 2.63. The second kappa shape index (κ2) is 8.32. The van der Waals surface area contributed by atoms with E-state index in [4.69, 9.17) is 15.2 Å². The molecule has 4 N–H and O–H groups in total. The van der Waals surface area contributed by atoms with Gasteiger partial charge < -0.3 is 20.5 Å². The molecule has 0 aromatic heterocycles. The zero-order valence-corrected chi connectivity index (χ0v) is 14.4. The highest BCUT2D eigenvalue weighted by molar-refractivity contribution is 7.89. The van der Waals surface area contributed by atoms with Crippen molar-refractivity contribution >= 4 is 15.9 Å². The second-order valence-electron chi connectivity index (χ2n) is 5.44. The molecule has 0 saturated heterocycles. The van der Waals surface area contributed by atoms with E-state index in [2.05, 4.69) is 10.0 Å². The van der Waals surface area contributed by atoms with Crippen molar-refractivity contribution in [2.24, 2.45) is 5.73 Å². The van der Waals surface area contributed by atoms with Crippen molar-refractivity contribution in [1.82, 2.24) is 10.0 Å². The minimum Gasteiger partial charge on any atom is -0.490 e. The standard InChI is InChI=1S/C15H23N3O5S/c1-11(15(19)17-7-2-6-16)18-24(20,21)12-4-5-13-14(10-12)23-9-3-8-22-13/h4-5,10-11,18H,2-3,6-9,16H2,1H3,(H,17,19). The van der Waals surface area contributed by atoms with E-state index in [1.165, 1.54) is 19.1 Å². The average Bonchev–Trinajstić information content (AvgIpc) is 2.79.